The van der Waals surface area contributed by atoms with Crippen molar-refractivity contribution < 1.29 is 18.9 Å². The third-order valence-electron chi connectivity index (χ3n) is 5.12. The van der Waals surface area contributed by atoms with Crippen LogP contribution in [0, 0.1) is 15.9 Å². The molecule has 9 heteroatoms. The molecule has 7 nitrogen and oxygen atoms in total. The second kappa shape index (κ2) is 13.6. The van der Waals surface area contributed by atoms with Gasteiger partial charge in [-0.2, -0.15) is 0 Å². The summed E-state index contributed by atoms with van der Waals surface area (Å²) in [6.45, 7) is 4.66. The van der Waals surface area contributed by atoms with E-state index in [4.69, 9.17) is 0 Å². The zero-order chi connectivity index (χ0) is 24.2. The van der Waals surface area contributed by atoms with E-state index in [1.54, 1.807) is 29.2 Å². The van der Waals surface area contributed by atoms with Gasteiger partial charge in [0.05, 0.1) is 10.7 Å². The molecule has 0 unspecified atom stereocenters. The van der Waals surface area contributed by atoms with E-state index in [0.717, 1.165) is 24.0 Å². The maximum absolute atomic E-state index is 13.3. The molecule has 0 heterocycles. The summed E-state index contributed by atoms with van der Waals surface area (Å²) in [7, 11) is 0. The van der Waals surface area contributed by atoms with E-state index in [0.29, 0.717) is 18.7 Å². The summed E-state index contributed by atoms with van der Waals surface area (Å²) in [5, 5.41) is 13.7. The van der Waals surface area contributed by atoms with Gasteiger partial charge in [0.15, 0.2) is 0 Å². The number of nitro groups is 1. The second-order valence-corrected chi connectivity index (χ2v) is 8.62. The van der Waals surface area contributed by atoms with E-state index in [-0.39, 0.29) is 35.6 Å². The third-order valence-corrected chi connectivity index (χ3v) is 6.11. The quantitative estimate of drug-likeness (QED) is 0.258. The topological polar surface area (TPSA) is 92.6 Å². The Morgan fingerprint density at radius 3 is 2.30 bits per heavy atom. The van der Waals surface area contributed by atoms with Crippen molar-refractivity contribution in [1.29, 1.82) is 0 Å². The van der Waals surface area contributed by atoms with Crippen LogP contribution in [0.5, 0.6) is 0 Å². The van der Waals surface area contributed by atoms with Gasteiger partial charge in [-0.05, 0) is 36.1 Å². The van der Waals surface area contributed by atoms with Crippen molar-refractivity contribution in [1.82, 2.24) is 10.2 Å². The van der Waals surface area contributed by atoms with Gasteiger partial charge in [-0.3, -0.25) is 19.7 Å². The van der Waals surface area contributed by atoms with Crippen LogP contribution in [0.15, 0.2) is 48.5 Å². The molecule has 0 aliphatic rings. The molecule has 0 aliphatic carbocycles. The number of hydrogen-bond acceptors (Lipinski definition) is 5. The first-order valence-corrected chi connectivity index (χ1v) is 12.1. The van der Waals surface area contributed by atoms with Crippen LogP contribution in [0.1, 0.15) is 44.2 Å². The van der Waals surface area contributed by atoms with Crippen LogP contribution in [0.3, 0.4) is 0 Å². The van der Waals surface area contributed by atoms with E-state index in [9.17, 15) is 24.1 Å². The van der Waals surface area contributed by atoms with E-state index in [1.807, 2.05) is 13.8 Å². The van der Waals surface area contributed by atoms with E-state index in [2.05, 4.69) is 5.32 Å². The van der Waals surface area contributed by atoms with Crippen molar-refractivity contribution >= 4 is 29.3 Å². The molecular weight excluding hydrogens is 445 g/mol. The highest BCUT2D eigenvalue weighted by molar-refractivity contribution is 7.99. The van der Waals surface area contributed by atoms with Crippen molar-refractivity contribution in [2.75, 3.05) is 12.3 Å². The van der Waals surface area contributed by atoms with Crippen LogP contribution in [0.4, 0.5) is 10.1 Å². The Bertz CT molecular complexity index is 922. The van der Waals surface area contributed by atoms with Gasteiger partial charge >= 0.3 is 0 Å². The first-order chi connectivity index (χ1) is 15.8. The molecule has 33 heavy (non-hydrogen) atoms. The Morgan fingerprint density at radius 2 is 1.73 bits per heavy atom. The number of thioether (sulfide) groups is 1. The zero-order valence-corrected chi connectivity index (χ0v) is 19.8. The molecule has 0 fully saturated rings. The van der Waals surface area contributed by atoms with Crippen LogP contribution in [-0.2, 0) is 21.9 Å². The maximum atomic E-state index is 13.3. The number of carbonyl (C=O) groups is 2. The molecule has 0 bridgehead atoms. The fraction of sp³-hybridized carbons (Fsp3) is 0.417. The molecule has 2 amide bonds. The summed E-state index contributed by atoms with van der Waals surface area (Å²) < 4.78 is 13.3. The summed E-state index contributed by atoms with van der Waals surface area (Å²) in [4.78, 5) is 37.8. The van der Waals surface area contributed by atoms with Crippen molar-refractivity contribution in [2.24, 2.45) is 0 Å². The standard InChI is InChI=1S/C24H30FN3O4S/c1-3-5-14-26-24(30)22(4-2)27(15-18-6-10-20(25)11-7-18)23(29)17-33-16-19-8-12-21(13-9-19)28(31)32/h6-13,22H,3-5,14-17H2,1-2H3,(H,26,30)/t22-/m0/s1. The van der Waals surface area contributed by atoms with Crippen molar-refractivity contribution in [3.63, 3.8) is 0 Å². The van der Waals surface area contributed by atoms with E-state index < -0.39 is 11.0 Å². The molecule has 0 radical (unpaired) electrons. The highest BCUT2D eigenvalue weighted by Gasteiger charge is 2.28. The Hall–Kier alpha value is -2.94. The number of non-ortho nitro benzene ring substituents is 1. The minimum atomic E-state index is -0.626. The van der Waals surface area contributed by atoms with E-state index in [1.165, 1.54) is 36.0 Å². The minimum Gasteiger partial charge on any atom is -0.354 e. The highest BCUT2D eigenvalue weighted by Crippen LogP contribution is 2.19. The molecule has 0 spiro atoms. The Labute approximate surface area is 197 Å². The summed E-state index contributed by atoms with van der Waals surface area (Å²) in [6.07, 6.45) is 2.27. The highest BCUT2D eigenvalue weighted by atomic mass is 32.2. The lowest BCUT2D eigenvalue weighted by Crippen LogP contribution is -2.49. The number of nitro benzene ring substituents is 1. The number of carbonyl (C=O) groups excluding carboxylic acids is 2. The lowest BCUT2D eigenvalue weighted by molar-refractivity contribution is -0.384. The molecule has 1 atom stereocenters. The van der Waals surface area contributed by atoms with Gasteiger partial charge in [0.25, 0.3) is 5.69 Å². The Morgan fingerprint density at radius 1 is 1.09 bits per heavy atom. The predicted octanol–water partition coefficient (Wildman–Crippen LogP) is 4.69. The second-order valence-electron chi connectivity index (χ2n) is 7.63. The maximum Gasteiger partial charge on any atom is 0.269 e. The van der Waals surface area contributed by atoms with Crippen molar-refractivity contribution in [2.45, 2.75) is 51.4 Å². The summed E-state index contributed by atoms with van der Waals surface area (Å²) in [5.41, 5.74) is 1.63. The fourth-order valence-corrected chi connectivity index (χ4v) is 4.14. The van der Waals surface area contributed by atoms with Crippen LogP contribution in [0.2, 0.25) is 0 Å². The number of rotatable bonds is 13. The van der Waals surface area contributed by atoms with Crippen LogP contribution < -0.4 is 5.32 Å². The minimum absolute atomic E-state index is 0.0187. The van der Waals surface area contributed by atoms with Gasteiger partial charge in [-0.25, -0.2) is 4.39 Å². The van der Waals surface area contributed by atoms with Gasteiger partial charge in [0, 0.05) is 31.0 Å². The van der Waals surface area contributed by atoms with Gasteiger partial charge in [-0.15, -0.1) is 11.8 Å². The van der Waals surface area contributed by atoms with Gasteiger partial charge in [0.2, 0.25) is 11.8 Å². The first-order valence-electron chi connectivity index (χ1n) is 11.0. The number of hydrogen-bond donors (Lipinski definition) is 1. The number of amides is 2. The van der Waals surface area contributed by atoms with Gasteiger partial charge in [-0.1, -0.05) is 44.5 Å². The fourth-order valence-electron chi connectivity index (χ4n) is 3.27. The number of halogens is 1. The molecule has 0 saturated carbocycles. The molecule has 0 aromatic heterocycles. The molecule has 2 rings (SSSR count). The average molecular weight is 476 g/mol. The van der Waals surface area contributed by atoms with Gasteiger partial charge < -0.3 is 10.2 Å². The zero-order valence-electron chi connectivity index (χ0n) is 19.0. The van der Waals surface area contributed by atoms with Crippen molar-refractivity contribution in [3.8, 4) is 0 Å². The summed E-state index contributed by atoms with van der Waals surface area (Å²) in [6, 6.07) is 11.5. The number of benzene rings is 2. The van der Waals surface area contributed by atoms with E-state index >= 15 is 0 Å². The molecule has 2 aromatic rings. The molecule has 178 valence electrons. The summed E-state index contributed by atoms with van der Waals surface area (Å²) in [5.74, 6) is -0.0880. The predicted molar refractivity (Wildman–Crippen MR) is 128 cm³/mol. The van der Waals surface area contributed by atoms with Gasteiger partial charge in [0.1, 0.15) is 11.9 Å². The summed E-state index contributed by atoms with van der Waals surface area (Å²) >= 11 is 1.38. The van der Waals surface area contributed by atoms with Crippen LogP contribution >= 0.6 is 11.8 Å². The lowest BCUT2D eigenvalue weighted by Gasteiger charge is -2.30. The Kier molecular flexibility index (Phi) is 10.8. The number of nitrogens with zero attached hydrogens (tertiary/aromatic N) is 2. The number of unbranched alkanes of at least 4 members (excludes halogenated alkanes) is 1. The molecule has 0 aliphatic heterocycles. The van der Waals surface area contributed by atoms with Crippen LogP contribution in [0.25, 0.3) is 0 Å². The molecular formula is C24H30FN3O4S. The number of nitrogens with one attached hydrogen (secondary N) is 1. The third kappa shape index (κ3) is 8.49. The largest absolute Gasteiger partial charge is 0.354 e. The smallest absolute Gasteiger partial charge is 0.269 e. The molecule has 2 aromatic carbocycles. The first kappa shape index (κ1) is 26.3. The molecule has 0 saturated heterocycles. The normalized spacial score (nSPS) is 11.6. The average Bonchev–Trinajstić information content (AvgIpc) is 2.80. The lowest BCUT2D eigenvalue weighted by atomic mass is 10.1. The SMILES string of the molecule is CCCCNC(=O)[C@H](CC)N(Cc1ccc(F)cc1)C(=O)CSCc1ccc([N+](=O)[O-])cc1. The van der Waals surface area contributed by atoms with Crippen molar-refractivity contribution in [3.05, 3.63) is 75.6 Å². The molecule has 1 N–H and O–H groups in total. The Balaban J connectivity index is 2.07. The van der Waals surface area contributed by atoms with Crippen LogP contribution in [-0.4, -0.2) is 40.0 Å². The monoisotopic (exact) mass is 475 g/mol.